The predicted octanol–water partition coefficient (Wildman–Crippen LogP) is 2.67. The summed E-state index contributed by atoms with van der Waals surface area (Å²) in [4.78, 5) is 25.4. The molecule has 0 aliphatic carbocycles. The summed E-state index contributed by atoms with van der Waals surface area (Å²) in [7, 11) is 2.95. The Bertz CT molecular complexity index is 765. The molecule has 0 aliphatic rings. The third kappa shape index (κ3) is 5.98. The number of hydrogen-bond acceptors (Lipinski definition) is 5. The zero-order valence-electron chi connectivity index (χ0n) is 14.9. The van der Waals surface area contributed by atoms with Crippen molar-refractivity contribution in [2.75, 3.05) is 20.7 Å². The molecule has 7 nitrogen and oxygen atoms in total. The van der Waals surface area contributed by atoms with Gasteiger partial charge in [0.05, 0.1) is 18.9 Å². The van der Waals surface area contributed by atoms with E-state index in [2.05, 4.69) is 10.1 Å². The van der Waals surface area contributed by atoms with Gasteiger partial charge in [0.1, 0.15) is 6.26 Å². The summed E-state index contributed by atoms with van der Waals surface area (Å²) in [6.45, 7) is -2.52. The summed E-state index contributed by atoms with van der Waals surface area (Å²) in [6, 6.07) is 5.99. The second-order valence-electron chi connectivity index (χ2n) is 5.63. The van der Waals surface area contributed by atoms with E-state index in [1.807, 2.05) is 0 Å². The van der Waals surface area contributed by atoms with Crippen molar-refractivity contribution < 1.29 is 32.3 Å². The molecular weight excluding hydrogens is 362 g/mol. The van der Waals surface area contributed by atoms with E-state index in [4.69, 9.17) is 9.15 Å². The first-order valence-corrected chi connectivity index (χ1v) is 8.06. The molecule has 146 valence electrons. The number of rotatable bonds is 9. The molecule has 0 saturated heterocycles. The summed E-state index contributed by atoms with van der Waals surface area (Å²) < 4.78 is 38.9. The first-order chi connectivity index (χ1) is 12.9. The van der Waals surface area contributed by atoms with Gasteiger partial charge in [0, 0.05) is 26.6 Å². The van der Waals surface area contributed by atoms with Crippen LogP contribution in [0.2, 0.25) is 0 Å². The largest absolute Gasteiger partial charge is 0.493 e. The van der Waals surface area contributed by atoms with E-state index in [1.54, 1.807) is 13.1 Å². The minimum atomic E-state index is -2.95. The monoisotopic (exact) mass is 382 g/mol. The van der Waals surface area contributed by atoms with Gasteiger partial charge in [0.15, 0.2) is 11.5 Å². The summed E-state index contributed by atoms with van der Waals surface area (Å²) >= 11 is 0. The molecule has 0 spiro atoms. The fourth-order valence-electron chi connectivity index (χ4n) is 2.34. The maximum absolute atomic E-state index is 12.4. The fraction of sp³-hybridized carbons (Fsp3) is 0.333. The Morgan fingerprint density at radius 2 is 2.04 bits per heavy atom. The van der Waals surface area contributed by atoms with Crippen LogP contribution in [0.1, 0.15) is 22.3 Å². The van der Waals surface area contributed by atoms with E-state index in [9.17, 15) is 18.4 Å². The van der Waals surface area contributed by atoms with Crippen molar-refractivity contribution in [2.45, 2.75) is 19.6 Å². The third-order valence-corrected chi connectivity index (χ3v) is 3.70. The lowest BCUT2D eigenvalue weighted by Crippen LogP contribution is -2.31. The van der Waals surface area contributed by atoms with Gasteiger partial charge in [0.25, 0.3) is 5.91 Å². The second kappa shape index (κ2) is 9.56. The quantitative estimate of drug-likeness (QED) is 0.721. The van der Waals surface area contributed by atoms with Crippen molar-refractivity contribution in [3.05, 3.63) is 47.9 Å². The van der Waals surface area contributed by atoms with Gasteiger partial charge in [-0.1, -0.05) is 6.07 Å². The maximum Gasteiger partial charge on any atom is 0.387 e. The summed E-state index contributed by atoms with van der Waals surface area (Å²) in [5.41, 5.74) is 1.07. The molecule has 0 unspecified atom stereocenters. The maximum atomic E-state index is 12.4. The highest BCUT2D eigenvalue weighted by molar-refractivity contribution is 5.94. The van der Waals surface area contributed by atoms with Gasteiger partial charge in [-0.3, -0.25) is 9.59 Å². The molecule has 2 rings (SSSR count). The number of methoxy groups -OCH3 is 1. The standard InChI is InChI=1S/C18H20F2N2O5/c1-22(16(23)5-7-21-17(24)13-6-8-26-11-13)10-12-3-4-14(27-18(19)20)15(9-12)25-2/h3-4,6,8-9,11,18H,5,7,10H2,1-2H3,(H,21,24). The Balaban J connectivity index is 1.85. The highest BCUT2D eigenvalue weighted by Crippen LogP contribution is 2.29. The van der Waals surface area contributed by atoms with Crippen LogP contribution in [0, 0.1) is 0 Å². The van der Waals surface area contributed by atoms with Crippen molar-refractivity contribution in [1.29, 1.82) is 0 Å². The number of alkyl halides is 2. The lowest BCUT2D eigenvalue weighted by atomic mass is 10.2. The number of benzene rings is 1. The van der Waals surface area contributed by atoms with Crippen LogP contribution in [0.15, 0.2) is 41.2 Å². The number of carbonyl (C=O) groups excluding carboxylic acids is 2. The number of carbonyl (C=O) groups is 2. The van der Waals surface area contributed by atoms with E-state index in [0.29, 0.717) is 11.1 Å². The first kappa shape index (κ1) is 20.2. The molecule has 0 bridgehead atoms. The van der Waals surface area contributed by atoms with Crippen molar-refractivity contribution >= 4 is 11.8 Å². The minimum Gasteiger partial charge on any atom is -0.493 e. The Hall–Kier alpha value is -3.10. The van der Waals surface area contributed by atoms with Crippen LogP contribution in [-0.2, 0) is 11.3 Å². The van der Waals surface area contributed by atoms with Crippen molar-refractivity contribution in [3.8, 4) is 11.5 Å². The molecule has 1 heterocycles. The average molecular weight is 382 g/mol. The van der Waals surface area contributed by atoms with E-state index in [0.717, 1.165) is 0 Å². The Labute approximate surface area is 154 Å². The van der Waals surface area contributed by atoms with Gasteiger partial charge in [0.2, 0.25) is 5.91 Å². The fourth-order valence-corrected chi connectivity index (χ4v) is 2.34. The third-order valence-electron chi connectivity index (χ3n) is 3.70. The van der Waals surface area contributed by atoms with Gasteiger partial charge in [-0.25, -0.2) is 0 Å². The van der Waals surface area contributed by atoms with Crippen LogP contribution in [0.4, 0.5) is 8.78 Å². The summed E-state index contributed by atoms with van der Waals surface area (Å²) in [5.74, 6) is -0.430. The van der Waals surface area contributed by atoms with Crippen molar-refractivity contribution in [1.82, 2.24) is 10.2 Å². The summed E-state index contributed by atoms with van der Waals surface area (Å²) in [5, 5.41) is 2.62. The molecule has 9 heteroatoms. The first-order valence-electron chi connectivity index (χ1n) is 8.06. The molecule has 0 saturated carbocycles. The number of amides is 2. The van der Waals surface area contributed by atoms with Gasteiger partial charge < -0.3 is 24.1 Å². The smallest absolute Gasteiger partial charge is 0.387 e. The van der Waals surface area contributed by atoms with E-state index in [-0.39, 0.29) is 42.8 Å². The lowest BCUT2D eigenvalue weighted by Gasteiger charge is -2.18. The molecule has 2 aromatic rings. The summed E-state index contributed by atoms with van der Waals surface area (Å²) in [6.07, 6.45) is 2.82. The molecular formula is C18H20F2N2O5. The van der Waals surface area contributed by atoms with Gasteiger partial charge in [-0.05, 0) is 23.8 Å². The van der Waals surface area contributed by atoms with Crippen LogP contribution in [0.25, 0.3) is 0 Å². The zero-order chi connectivity index (χ0) is 19.8. The number of halogens is 2. The zero-order valence-corrected chi connectivity index (χ0v) is 14.9. The van der Waals surface area contributed by atoms with Crippen LogP contribution >= 0.6 is 0 Å². The number of furan rings is 1. The van der Waals surface area contributed by atoms with Gasteiger partial charge >= 0.3 is 6.61 Å². The molecule has 0 atom stereocenters. The second-order valence-corrected chi connectivity index (χ2v) is 5.63. The van der Waals surface area contributed by atoms with E-state index < -0.39 is 6.61 Å². The highest BCUT2D eigenvalue weighted by Gasteiger charge is 2.14. The molecule has 1 aromatic heterocycles. The Morgan fingerprint density at radius 1 is 1.26 bits per heavy atom. The molecule has 1 N–H and O–H groups in total. The number of nitrogens with one attached hydrogen (secondary N) is 1. The van der Waals surface area contributed by atoms with Gasteiger partial charge in [-0.15, -0.1) is 0 Å². The molecule has 0 fully saturated rings. The van der Waals surface area contributed by atoms with Crippen LogP contribution < -0.4 is 14.8 Å². The lowest BCUT2D eigenvalue weighted by molar-refractivity contribution is -0.130. The number of nitrogens with zero attached hydrogens (tertiary/aromatic N) is 1. The van der Waals surface area contributed by atoms with E-state index >= 15 is 0 Å². The number of hydrogen-bond donors (Lipinski definition) is 1. The average Bonchev–Trinajstić information content (AvgIpc) is 3.17. The van der Waals surface area contributed by atoms with Crippen LogP contribution in [0.5, 0.6) is 11.5 Å². The molecule has 0 aliphatic heterocycles. The van der Waals surface area contributed by atoms with Crippen LogP contribution in [0.3, 0.4) is 0 Å². The topological polar surface area (TPSA) is 81.0 Å². The van der Waals surface area contributed by atoms with Gasteiger partial charge in [-0.2, -0.15) is 8.78 Å². The minimum absolute atomic E-state index is 0.0767. The molecule has 27 heavy (non-hydrogen) atoms. The van der Waals surface area contributed by atoms with Crippen LogP contribution in [-0.4, -0.2) is 44.0 Å². The Morgan fingerprint density at radius 3 is 2.67 bits per heavy atom. The van der Waals surface area contributed by atoms with Crippen molar-refractivity contribution in [2.24, 2.45) is 0 Å². The molecule has 1 aromatic carbocycles. The van der Waals surface area contributed by atoms with E-state index in [1.165, 1.54) is 42.7 Å². The molecule has 0 radical (unpaired) electrons. The highest BCUT2D eigenvalue weighted by atomic mass is 19.3. The Kier molecular flexibility index (Phi) is 7.16. The number of ether oxygens (including phenoxy) is 2. The normalized spacial score (nSPS) is 10.6. The molecule has 2 amide bonds. The SMILES string of the molecule is COc1cc(CN(C)C(=O)CCNC(=O)c2ccoc2)ccc1OC(F)F. The van der Waals surface area contributed by atoms with Crippen molar-refractivity contribution in [3.63, 3.8) is 0 Å². The predicted molar refractivity (Wildman–Crippen MR) is 91.8 cm³/mol.